The first-order chi connectivity index (χ1) is 9.35. The predicted octanol–water partition coefficient (Wildman–Crippen LogP) is -2.57. The summed E-state index contributed by atoms with van der Waals surface area (Å²) in [4.78, 5) is 25.2. The van der Waals surface area contributed by atoms with Crippen LogP contribution in [-0.2, 0) is 4.74 Å². The zero-order chi connectivity index (χ0) is 15.1. The van der Waals surface area contributed by atoms with Gasteiger partial charge in [0.05, 0.1) is 6.61 Å². The van der Waals surface area contributed by atoms with Gasteiger partial charge < -0.3 is 20.7 Å². The van der Waals surface area contributed by atoms with Crippen LogP contribution >= 0.6 is 0 Å². The highest BCUT2D eigenvalue weighted by molar-refractivity contribution is 5.23. The first kappa shape index (κ1) is 14.5. The van der Waals surface area contributed by atoms with E-state index in [-0.39, 0.29) is 5.69 Å². The summed E-state index contributed by atoms with van der Waals surface area (Å²) in [5, 5.41) is 19.2. The van der Waals surface area contributed by atoms with Crippen LogP contribution in [0.1, 0.15) is 11.9 Å². The lowest BCUT2D eigenvalue weighted by Gasteiger charge is -2.28. The molecule has 1 aromatic rings. The molecule has 2 unspecified atom stereocenters. The number of hydrogen-bond donors (Lipinski definition) is 4. The largest absolute Gasteiger partial charge is 0.394 e. The van der Waals surface area contributed by atoms with Gasteiger partial charge in [-0.2, -0.15) is 0 Å². The number of aryl methyl sites for hydroxylation is 1. The van der Waals surface area contributed by atoms with E-state index in [2.05, 4.69) is 10.9 Å². The Kier molecular flexibility index (Phi) is 3.54. The third-order valence-corrected chi connectivity index (χ3v) is 3.39. The molecule has 1 aliphatic rings. The maximum Gasteiger partial charge on any atom is 0.330 e. The van der Waals surface area contributed by atoms with E-state index in [1.165, 1.54) is 13.0 Å². The fourth-order valence-corrected chi connectivity index (χ4v) is 2.29. The molecule has 108 valence electrons. The fraction of sp³-hybridized carbons (Fsp3) is 0.500. The van der Waals surface area contributed by atoms with Crippen molar-refractivity contribution in [3.05, 3.63) is 32.6 Å². The molecule has 8 nitrogen and oxygen atoms in total. The molecule has 0 saturated carbocycles. The topological polar surface area (TPSA) is 131 Å². The summed E-state index contributed by atoms with van der Waals surface area (Å²) < 4.78 is 6.45. The molecule has 0 aliphatic carbocycles. The molecule has 4 atom stereocenters. The zero-order valence-corrected chi connectivity index (χ0v) is 10.7. The van der Waals surface area contributed by atoms with Crippen molar-refractivity contribution < 1.29 is 14.9 Å². The summed E-state index contributed by atoms with van der Waals surface area (Å²) in [6, 6.07) is 1.18. The summed E-state index contributed by atoms with van der Waals surface area (Å²) in [7, 11) is 0. The van der Waals surface area contributed by atoms with Crippen LogP contribution in [0.25, 0.3) is 0 Å². The normalized spacial score (nSPS) is 33.0. The Labute approximate surface area is 113 Å². The van der Waals surface area contributed by atoms with E-state index in [0.717, 1.165) is 4.57 Å². The van der Waals surface area contributed by atoms with Crippen molar-refractivity contribution in [1.82, 2.24) is 9.55 Å². The quantitative estimate of drug-likeness (QED) is 0.441. The lowest BCUT2D eigenvalue weighted by molar-refractivity contribution is -0.0484. The summed E-state index contributed by atoms with van der Waals surface area (Å²) in [5.41, 5.74) is 3.21. The van der Waals surface area contributed by atoms with Crippen LogP contribution in [0.5, 0.6) is 0 Å². The molecular formula is C12H15N3O5. The minimum atomic E-state index is -1.69. The summed E-state index contributed by atoms with van der Waals surface area (Å²) >= 11 is 0. The first-order valence-corrected chi connectivity index (χ1v) is 5.88. The fourth-order valence-electron chi connectivity index (χ4n) is 2.29. The standard InChI is InChI=1S/C12H15N3O5/c1-3-12(13)9(18)7(5-16)20-10(12)15-6(2)4-8(17)14-11(15)19/h1,4,7,9-10,16,18H,5,13H2,2H3,(H,14,17,19)/t7-,9?,10-,12?/m1/s1. The van der Waals surface area contributed by atoms with E-state index in [0.29, 0.717) is 0 Å². The SMILES string of the molecule is C#CC1(N)C(O)[C@@H](CO)O[C@H]1n1c(C)cc(=O)[nH]c1=O. The molecule has 2 heterocycles. The minimum Gasteiger partial charge on any atom is -0.394 e. The van der Waals surface area contributed by atoms with Crippen LogP contribution < -0.4 is 17.0 Å². The molecule has 8 heteroatoms. The highest BCUT2D eigenvalue weighted by atomic mass is 16.5. The second kappa shape index (κ2) is 4.88. The Morgan fingerprint density at radius 1 is 1.65 bits per heavy atom. The average Bonchev–Trinajstić information content (AvgIpc) is 2.63. The van der Waals surface area contributed by atoms with Gasteiger partial charge in [0.1, 0.15) is 12.2 Å². The number of nitrogens with two attached hydrogens (primary N) is 1. The Balaban J connectivity index is 2.61. The summed E-state index contributed by atoms with van der Waals surface area (Å²) in [5.74, 6) is 2.21. The van der Waals surface area contributed by atoms with Gasteiger partial charge in [-0.25, -0.2) is 4.79 Å². The number of aromatic amines is 1. The monoisotopic (exact) mass is 281 g/mol. The van der Waals surface area contributed by atoms with Gasteiger partial charge in [0, 0.05) is 11.8 Å². The molecule has 20 heavy (non-hydrogen) atoms. The Hall–Kier alpha value is -1.92. The molecule has 0 bridgehead atoms. The number of hydrogen-bond acceptors (Lipinski definition) is 6. The highest BCUT2D eigenvalue weighted by Crippen LogP contribution is 2.35. The average molecular weight is 281 g/mol. The van der Waals surface area contributed by atoms with Crippen molar-refractivity contribution >= 4 is 0 Å². The number of H-pyrrole nitrogens is 1. The number of aromatic nitrogens is 2. The van der Waals surface area contributed by atoms with E-state index in [1.807, 2.05) is 0 Å². The van der Waals surface area contributed by atoms with Crippen LogP contribution in [-0.4, -0.2) is 44.1 Å². The number of ether oxygens (including phenoxy) is 1. The van der Waals surface area contributed by atoms with Crippen molar-refractivity contribution in [2.75, 3.05) is 6.61 Å². The molecule has 0 amide bonds. The maximum absolute atomic E-state index is 11.9. The maximum atomic E-state index is 11.9. The van der Waals surface area contributed by atoms with Crippen LogP contribution in [0.2, 0.25) is 0 Å². The molecule has 0 aromatic carbocycles. The van der Waals surface area contributed by atoms with Gasteiger partial charge in [-0.05, 0) is 6.92 Å². The molecule has 0 spiro atoms. The number of aliphatic hydroxyl groups excluding tert-OH is 2. The van der Waals surface area contributed by atoms with Gasteiger partial charge in [0.25, 0.3) is 5.56 Å². The van der Waals surface area contributed by atoms with Crippen LogP contribution in [0, 0.1) is 19.3 Å². The van der Waals surface area contributed by atoms with Gasteiger partial charge in [-0.15, -0.1) is 6.42 Å². The number of terminal acetylenes is 1. The van der Waals surface area contributed by atoms with E-state index in [1.54, 1.807) is 0 Å². The molecule has 1 aliphatic heterocycles. The van der Waals surface area contributed by atoms with E-state index < -0.39 is 41.8 Å². The number of aliphatic hydroxyl groups is 2. The van der Waals surface area contributed by atoms with E-state index in [4.69, 9.17) is 22.0 Å². The summed E-state index contributed by atoms with van der Waals surface area (Å²) in [6.45, 7) is 1.00. The van der Waals surface area contributed by atoms with Gasteiger partial charge in [0.15, 0.2) is 11.8 Å². The van der Waals surface area contributed by atoms with Gasteiger partial charge in [-0.1, -0.05) is 5.92 Å². The molecule has 1 saturated heterocycles. The lowest BCUT2D eigenvalue weighted by atomic mass is 9.92. The van der Waals surface area contributed by atoms with Crippen LogP contribution in [0.15, 0.2) is 15.7 Å². The van der Waals surface area contributed by atoms with Crippen molar-refractivity contribution in [3.63, 3.8) is 0 Å². The van der Waals surface area contributed by atoms with E-state index in [9.17, 15) is 14.7 Å². The predicted molar refractivity (Wildman–Crippen MR) is 68.8 cm³/mol. The third-order valence-electron chi connectivity index (χ3n) is 3.39. The van der Waals surface area contributed by atoms with Crippen molar-refractivity contribution in [3.8, 4) is 12.3 Å². The molecule has 2 rings (SSSR count). The molecule has 1 aromatic heterocycles. The number of nitrogens with one attached hydrogen (secondary N) is 1. The second-order valence-corrected chi connectivity index (χ2v) is 4.68. The molecule has 0 radical (unpaired) electrons. The number of nitrogens with zero attached hydrogens (tertiary/aromatic N) is 1. The van der Waals surface area contributed by atoms with Gasteiger partial charge >= 0.3 is 5.69 Å². The molecule has 1 fully saturated rings. The van der Waals surface area contributed by atoms with E-state index >= 15 is 0 Å². The third kappa shape index (κ3) is 1.97. The van der Waals surface area contributed by atoms with Crippen molar-refractivity contribution in [2.24, 2.45) is 5.73 Å². The van der Waals surface area contributed by atoms with Gasteiger partial charge in [0.2, 0.25) is 0 Å². The Morgan fingerprint density at radius 2 is 2.30 bits per heavy atom. The lowest BCUT2D eigenvalue weighted by Crippen LogP contribution is -2.55. The second-order valence-electron chi connectivity index (χ2n) is 4.68. The Morgan fingerprint density at radius 3 is 2.80 bits per heavy atom. The molecule has 5 N–H and O–H groups in total. The molecular weight excluding hydrogens is 266 g/mol. The van der Waals surface area contributed by atoms with Crippen LogP contribution in [0.4, 0.5) is 0 Å². The van der Waals surface area contributed by atoms with Crippen molar-refractivity contribution in [2.45, 2.75) is 30.9 Å². The number of rotatable bonds is 2. The summed E-state index contributed by atoms with van der Waals surface area (Å²) in [6.07, 6.45) is 1.80. The zero-order valence-electron chi connectivity index (χ0n) is 10.7. The van der Waals surface area contributed by atoms with Gasteiger partial charge in [-0.3, -0.25) is 14.3 Å². The van der Waals surface area contributed by atoms with Crippen LogP contribution in [0.3, 0.4) is 0 Å². The highest BCUT2D eigenvalue weighted by Gasteiger charge is 2.54. The first-order valence-electron chi connectivity index (χ1n) is 5.88. The Bertz CT molecular complexity index is 673. The minimum absolute atomic E-state index is 0.277. The smallest absolute Gasteiger partial charge is 0.330 e. The van der Waals surface area contributed by atoms with Crippen molar-refractivity contribution in [1.29, 1.82) is 0 Å².